The number of rotatable bonds is 6. The number of amides is 1. The Hall–Kier alpha value is -1.77. The van der Waals surface area contributed by atoms with E-state index < -0.39 is 0 Å². The lowest BCUT2D eigenvalue weighted by Crippen LogP contribution is -2.36. The van der Waals surface area contributed by atoms with Gasteiger partial charge in [-0.25, -0.2) is 4.68 Å². The van der Waals surface area contributed by atoms with Crippen LogP contribution in [0.15, 0.2) is 29.4 Å². The first kappa shape index (κ1) is 18.0. The zero-order chi connectivity index (χ0) is 17.8. The molecule has 9 heteroatoms. The number of benzene rings is 1. The molecule has 1 aliphatic rings. The van der Waals surface area contributed by atoms with Gasteiger partial charge < -0.3 is 15.9 Å². The highest BCUT2D eigenvalue weighted by Crippen LogP contribution is 2.28. The lowest BCUT2D eigenvalue weighted by atomic mass is 10.2. The first-order valence-electron chi connectivity index (χ1n) is 8.07. The third-order valence-electron chi connectivity index (χ3n) is 3.96. The number of nitrogens with one attached hydrogen (secondary N) is 1. The molecule has 2 atom stereocenters. The van der Waals surface area contributed by atoms with Gasteiger partial charge >= 0.3 is 0 Å². The Morgan fingerprint density at radius 1 is 1.52 bits per heavy atom. The topological polar surface area (TPSA) is 95.1 Å². The van der Waals surface area contributed by atoms with Crippen molar-refractivity contribution < 1.29 is 9.53 Å². The molecule has 0 spiro atoms. The summed E-state index contributed by atoms with van der Waals surface area (Å²) in [6.07, 6.45) is 2.15. The predicted molar refractivity (Wildman–Crippen MR) is 97.9 cm³/mol. The maximum absolute atomic E-state index is 12.2. The van der Waals surface area contributed by atoms with Gasteiger partial charge in [0.05, 0.1) is 16.4 Å². The van der Waals surface area contributed by atoms with Gasteiger partial charge in [0, 0.05) is 18.7 Å². The number of thioether (sulfide) groups is 1. The molecule has 7 nitrogen and oxygen atoms in total. The van der Waals surface area contributed by atoms with Crippen molar-refractivity contribution in [1.29, 1.82) is 0 Å². The van der Waals surface area contributed by atoms with Crippen LogP contribution in [0.3, 0.4) is 0 Å². The van der Waals surface area contributed by atoms with Crippen LogP contribution in [0, 0.1) is 0 Å². The molecule has 3 rings (SSSR count). The Balaban J connectivity index is 1.62. The van der Waals surface area contributed by atoms with Crippen LogP contribution >= 0.6 is 23.4 Å². The molecular formula is C16H20ClN5O2S. The number of ether oxygens (including phenoxy) is 1. The minimum Gasteiger partial charge on any atom is -0.376 e. The number of hydrogen-bond donors (Lipinski definition) is 2. The molecule has 0 bridgehead atoms. The molecule has 1 fully saturated rings. The first-order chi connectivity index (χ1) is 12.1. The lowest BCUT2D eigenvalue weighted by molar-refractivity contribution is -0.120. The number of carbonyl (C=O) groups is 1. The average Bonchev–Trinajstić information content (AvgIpc) is 3.24. The monoisotopic (exact) mass is 381 g/mol. The van der Waals surface area contributed by atoms with Crippen LogP contribution < -0.4 is 11.2 Å². The van der Waals surface area contributed by atoms with Crippen molar-refractivity contribution in [2.75, 3.05) is 19.0 Å². The number of halogens is 1. The van der Waals surface area contributed by atoms with Crippen LogP contribution in [-0.4, -0.2) is 45.3 Å². The summed E-state index contributed by atoms with van der Waals surface area (Å²) in [5.41, 5.74) is 0.696. The summed E-state index contributed by atoms with van der Waals surface area (Å²) in [6, 6.07) is 7.27. The van der Waals surface area contributed by atoms with Gasteiger partial charge in [0.2, 0.25) is 11.1 Å². The molecule has 0 aliphatic carbocycles. The average molecular weight is 382 g/mol. The van der Waals surface area contributed by atoms with Crippen molar-refractivity contribution >= 4 is 29.3 Å². The normalized spacial score (nSPS) is 18.2. The molecule has 1 amide bonds. The Morgan fingerprint density at radius 2 is 2.32 bits per heavy atom. The van der Waals surface area contributed by atoms with Crippen molar-refractivity contribution in [3.63, 3.8) is 0 Å². The molecule has 3 N–H and O–H groups in total. The van der Waals surface area contributed by atoms with Gasteiger partial charge in [0.25, 0.3) is 0 Å². The lowest BCUT2D eigenvalue weighted by Gasteiger charge is -2.14. The molecule has 134 valence electrons. The Kier molecular flexibility index (Phi) is 5.82. The van der Waals surface area contributed by atoms with Gasteiger partial charge in [0.15, 0.2) is 5.82 Å². The van der Waals surface area contributed by atoms with Crippen LogP contribution in [0.1, 0.15) is 19.8 Å². The highest BCUT2D eigenvalue weighted by Gasteiger charge is 2.22. The van der Waals surface area contributed by atoms with Crippen LogP contribution in [-0.2, 0) is 9.53 Å². The SMILES string of the molecule is CC(Sc1nnc(-c2ccccc2Cl)n1N)C(=O)NCC1CCCO1. The molecule has 0 radical (unpaired) electrons. The van der Waals surface area contributed by atoms with Crippen molar-refractivity contribution in [1.82, 2.24) is 20.2 Å². The van der Waals surface area contributed by atoms with E-state index in [0.717, 1.165) is 19.4 Å². The zero-order valence-corrected chi connectivity index (χ0v) is 15.4. The molecule has 1 aliphatic heterocycles. The van der Waals surface area contributed by atoms with Crippen LogP contribution in [0.4, 0.5) is 0 Å². The van der Waals surface area contributed by atoms with Gasteiger partial charge in [-0.05, 0) is 31.9 Å². The molecular weight excluding hydrogens is 362 g/mol. The van der Waals surface area contributed by atoms with Crippen LogP contribution in [0.25, 0.3) is 11.4 Å². The number of nitrogens with two attached hydrogens (primary N) is 1. The molecule has 1 saturated heterocycles. The van der Waals surface area contributed by atoms with Gasteiger partial charge in [-0.1, -0.05) is 35.5 Å². The van der Waals surface area contributed by atoms with E-state index in [2.05, 4.69) is 15.5 Å². The molecule has 0 saturated carbocycles. The smallest absolute Gasteiger partial charge is 0.233 e. The summed E-state index contributed by atoms with van der Waals surface area (Å²) >= 11 is 7.43. The fourth-order valence-electron chi connectivity index (χ4n) is 2.56. The van der Waals surface area contributed by atoms with E-state index in [-0.39, 0.29) is 17.3 Å². The molecule has 2 aromatic rings. The summed E-state index contributed by atoms with van der Waals surface area (Å²) in [4.78, 5) is 12.2. The summed E-state index contributed by atoms with van der Waals surface area (Å²) in [5.74, 6) is 6.46. The Bertz CT molecular complexity index is 748. The van der Waals surface area contributed by atoms with E-state index in [4.69, 9.17) is 22.2 Å². The van der Waals surface area contributed by atoms with E-state index in [0.29, 0.717) is 28.1 Å². The summed E-state index contributed by atoms with van der Waals surface area (Å²) in [6.45, 7) is 3.11. The van der Waals surface area contributed by atoms with E-state index in [9.17, 15) is 4.79 Å². The van der Waals surface area contributed by atoms with E-state index in [1.165, 1.54) is 16.4 Å². The number of aromatic nitrogens is 3. The summed E-state index contributed by atoms with van der Waals surface area (Å²) in [5, 5.41) is 11.7. The number of nitrogens with zero attached hydrogens (tertiary/aromatic N) is 3. The molecule has 1 aromatic carbocycles. The highest BCUT2D eigenvalue weighted by molar-refractivity contribution is 8.00. The number of carbonyl (C=O) groups excluding carboxylic acids is 1. The molecule has 1 aromatic heterocycles. The van der Waals surface area contributed by atoms with E-state index in [1.807, 2.05) is 18.2 Å². The second kappa shape index (κ2) is 8.07. The van der Waals surface area contributed by atoms with E-state index >= 15 is 0 Å². The molecule has 2 heterocycles. The van der Waals surface area contributed by atoms with Crippen molar-refractivity contribution in [2.24, 2.45) is 0 Å². The molecule has 25 heavy (non-hydrogen) atoms. The van der Waals surface area contributed by atoms with Crippen molar-refractivity contribution in [2.45, 2.75) is 36.3 Å². The Morgan fingerprint density at radius 3 is 3.04 bits per heavy atom. The number of hydrogen-bond acceptors (Lipinski definition) is 6. The maximum atomic E-state index is 12.2. The van der Waals surface area contributed by atoms with Crippen molar-refractivity contribution in [3.05, 3.63) is 29.3 Å². The van der Waals surface area contributed by atoms with Gasteiger partial charge in [0.1, 0.15) is 0 Å². The zero-order valence-electron chi connectivity index (χ0n) is 13.8. The third kappa shape index (κ3) is 4.26. The van der Waals surface area contributed by atoms with Crippen LogP contribution in [0.5, 0.6) is 0 Å². The van der Waals surface area contributed by atoms with Gasteiger partial charge in [-0.15, -0.1) is 10.2 Å². The molecule has 2 unspecified atom stereocenters. The minimum atomic E-state index is -0.355. The van der Waals surface area contributed by atoms with Crippen molar-refractivity contribution in [3.8, 4) is 11.4 Å². The Labute approximate surface area is 155 Å². The van der Waals surface area contributed by atoms with Gasteiger partial charge in [-0.2, -0.15) is 0 Å². The predicted octanol–water partition coefficient (Wildman–Crippen LogP) is 2.09. The maximum Gasteiger partial charge on any atom is 0.233 e. The van der Waals surface area contributed by atoms with Gasteiger partial charge in [-0.3, -0.25) is 4.79 Å². The third-order valence-corrected chi connectivity index (χ3v) is 5.35. The standard InChI is InChI=1S/C16H20ClN5O2S/c1-10(15(23)19-9-11-5-4-8-24-11)25-16-21-20-14(22(16)18)12-6-2-3-7-13(12)17/h2-3,6-7,10-11H,4-5,8-9,18H2,1H3,(H,19,23). The fraction of sp³-hybridized carbons (Fsp3) is 0.438. The summed E-state index contributed by atoms with van der Waals surface area (Å²) < 4.78 is 6.86. The largest absolute Gasteiger partial charge is 0.376 e. The minimum absolute atomic E-state index is 0.0807. The highest BCUT2D eigenvalue weighted by atomic mass is 35.5. The second-order valence-corrected chi connectivity index (χ2v) is 7.51. The summed E-state index contributed by atoms with van der Waals surface area (Å²) in [7, 11) is 0. The van der Waals surface area contributed by atoms with Crippen LogP contribution in [0.2, 0.25) is 5.02 Å². The fourth-order valence-corrected chi connectivity index (χ4v) is 3.57. The first-order valence-corrected chi connectivity index (χ1v) is 9.33. The quantitative estimate of drug-likeness (QED) is 0.587. The number of nitrogen functional groups attached to an aromatic ring is 1. The second-order valence-electron chi connectivity index (χ2n) is 5.80. The van der Waals surface area contributed by atoms with E-state index in [1.54, 1.807) is 13.0 Å².